The van der Waals surface area contributed by atoms with E-state index in [2.05, 4.69) is 0 Å². The van der Waals surface area contributed by atoms with Crippen LogP contribution >= 0.6 is 11.6 Å². The van der Waals surface area contributed by atoms with Crippen LogP contribution in [0.3, 0.4) is 0 Å². The normalized spacial score (nSPS) is 14.2. The standard InChI is InChI=1S/C25H19ClFNO4/c1-31-20-10-6-9-18(27)22(20)16-11-12-19-17(13-16)23(25(30)28(19)21(29)14-26)24(32-2)15-7-4-3-5-8-15/h3-13H,14H2,1-2H3. The van der Waals surface area contributed by atoms with Crippen LogP contribution in [-0.4, -0.2) is 31.9 Å². The number of hydrogen-bond acceptors (Lipinski definition) is 4. The molecule has 1 heterocycles. The predicted molar refractivity (Wildman–Crippen MR) is 122 cm³/mol. The number of hydrogen-bond donors (Lipinski definition) is 0. The predicted octanol–water partition coefficient (Wildman–Crippen LogP) is 5.13. The van der Waals surface area contributed by atoms with Gasteiger partial charge in [0.2, 0.25) is 5.91 Å². The first-order valence-corrected chi connectivity index (χ1v) is 10.3. The van der Waals surface area contributed by atoms with Crippen molar-refractivity contribution in [2.75, 3.05) is 25.0 Å². The van der Waals surface area contributed by atoms with Crippen molar-refractivity contribution in [3.05, 3.63) is 83.7 Å². The van der Waals surface area contributed by atoms with Crippen LogP contribution in [0.2, 0.25) is 0 Å². The zero-order chi connectivity index (χ0) is 22.8. The number of benzene rings is 3. The smallest absolute Gasteiger partial charge is 0.269 e. The average molecular weight is 452 g/mol. The topological polar surface area (TPSA) is 55.8 Å². The number of fused-ring (bicyclic) bond motifs is 1. The Kier molecular flexibility index (Phi) is 5.97. The van der Waals surface area contributed by atoms with Crippen molar-refractivity contribution < 1.29 is 23.5 Å². The Bertz CT molecular complexity index is 1240. The first-order chi connectivity index (χ1) is 15.5. The SMILES string of the molecule is COC(=C1C(=O)N(C(=O)CCl)c2ccc(-c3c(F)cccc3OC)cc21)c1ccccc1. The second-order valence-corrected chi connectivity index (χ2v) is 7.26. The summed E-state index contributed by atoms with van der Waals surface area (Å²) < 4.78 is 25.7. The molecule has 0 saturated heterocycles. The third-order valence-electron chi connectivity index (χ3n) is 5.24. The highest BCUT2D eigenvalue weighted by molar-refractivity contribution is 6.46. The highest BCUT2D eigenvalue weighted by atomic mass is 35.5. The number of halogens is 2. The maximum atomic E-state index is 14.7. The van der Waals surface area contributed by atoms with Crippen LogP contribution in [0.15, 0.2) is 66.7 Å². The minimum absolute atomic E-state index is 0.198. The Morgan fingerprint density at radius 1 is 1.03 bits per heavy atom. The molecule has 1 aliphatic rings. The van der Waals surface area contributed by atoms with Gasteiger partial charge in [-0.05, 0) is 29.8 Å². The van der Waals surface area contributed by atoms with Crippen molar-refractivity contribution in [2.45, 2.75) is 0 Å². The molecule has 0 unspecified atom stereocenters. The number of rotatable bonds is 5. The Labute approximate surface area is 189 Å². The summed E-state index contributed by atoms with van der Waals surface area (Å²) in [5.41, 5.74) is 2.41. The number of imide groups is 1. The van der Waals surface area contributed by atoms with Crippen molar-refractivity contribution in [3.63, 3.8) is 0 Å². The van der Waals surface area contributed by atoms with Gasteiger partial charge < -0.3 is 9.47 Å². The van der Waals surface area contributed by atoms with E-state index in [4.69, 9.17) is 21.1 Å². The second kappa shape index (κ2) is 8.85. The molecule has 0 aliphatic carbocycles. The molecule has 3 aromatic rings. The molecule has 0 spiro atoms. The van der Waals surface area contributed by atoms with Crippen LogP contribution in [0, 0.1) is 5.82 Å². The molecule has 0 N–H and O–H groups in total. The van der Waals surface area contributed by atoms with E-state index in [1.54, 1.807) is 42.5 Å². The molecule has 4 rings (SSSR count). The molecule has 0 atom stereocenters. The Balaban J connectivity index is 2.01. The van der Waals surface area contributed by atoms with Crippen molar-refractivity contribution in [2.24, 2.45) is 0 Å². The summed E-state index contributed by atoms with van der Waals surface area (Å²) in [5, 5.41) is 0. The molecule has 0 radical (unpaired) electrons. The maximum absolute atomic E-state index is 14.7. The molecule has 0 aromatic heterocycles. The average Bonchev–Trinajstić information content (AvgIpc) is 3.10. The van der Waals surface area contributed by atoms with E-state index in [1.165, 1.54) is 20.3 Å². The van der Waals surface area contributed by atoms with Crippen molar-refractivity contribution >= 4 is 40.4 Å². The molecule has 0 fully saturated rings. The molecule has 3 aromatic carbocycles. The van der Waals surface area contributed by atoms with Crippen molar-refractivity contribution in [1.82, 2.24) is 0 Å². The van der Waals surface area contributed by atoms with Crippen LogP contribution < -0.4 is 9.64 Å². The summed E-state index contributed by atoms with van der Waals surface area (Å²) in [5.74, 6) is -1.29. The number of amides is 2. The van der Waals surface area contributed by atoms with Gasteiger partial charge in [0.1, 0.15) is 23.2 Å². The first-order valence-electron chi connectivity index (χ1n) is 9.76. The van der Waals surface area contributed by atoms with E-state index in [9.17, 15) is 14.0 Å². The van der Waals surface area contributed by atoms with E-state index in [-0.39, 0.29) is 17.0 Å². The van der Waals surface area contributed by atoms with Crippen molar-refractivity contribution in [1.29, 1.82) is 0 Å². The summed E-state index contributed by atoms with van der Waals surface area (Å²) in [6.07, 6.45) is 0. The van der Waals surface area contributed by atoms with Gasteiger partial charge in [-0.1, -0.05) is 42.5 Å². The zero-order valence-corrected chi connectivity index (χ0v) is 18.2. The summed E-state index contributed by atoms with van der Waals surface area (Å²) in [7, 11) is 2.91. The van der Waals surface area contributed by atoms with Gasteiger partial charge in [0, 0.05) is 11.1 Å². The van der Waals surface area contributed by atoms with Gasteiger partial charge in [0.25, 0.3) is 5.91 Å². The highest BCUT2D eigenvalue weighted by Gasteiger charge is 2.39. The Morgan fingerprint density at radius 2 is 1.78 bits per heavy atom. The van der Waals surface area contributed by atoms with E-state index >= 15 is 0 Å². The molecule has 0 saturated carbocycles. The number of anilines is 1. The quantitative estimate of drug-likeness (QED) is 0.306. The molecule has 32 heavy (non-hydrogen) atoms. The fraction of sp³-hybridized carbons (Fsp3) is 0.120. The molecule has 0 bridgehead atoms. The molecule has 162 valence electrons. The van der Waals surface area contributed by atoms with E-state index in [1.807, 2.05) is 18.2 Å². The molecular formula is C25H19ClFNO4. The maximum Gasteiger partial charge on any atom is 0.269 e. The van der Waals surface area contributed by atoms with Gasteiger partial charge >= 0.3 is 0 Å². The lowest BCUT2D eigenvalue weighted by atomic mass is 9.96. The van der Waals surface area contributed by atoms with E-state index in [0.717, 1.165) is 4.90 Å². The monoisotopic (exact) mass is 451 g/mol. The lowest BCUT2D eigenvalue weighted by Crippen LogP contribution is -2.34. The highest BCUT2D eigenvalue weighted by Crippen LogP contribution is 2.44. The largest absolute Gasteiger partial charge is 0.496 e. The Hall–Kier alpha value is -3.64. The molecule has 1 aliphatic heterocycles. The number of carbonyl (C=O) groups excluding carboxylic acids is 2. The molecule has 7 heteroatoms. The summed E-state index contributed by atoms with van der Waals surface area (Å²) in [4.78, 5) is 26.9. The van der Waals surface area contributed by atoms with Gasteiger partial charge in [0.05, 0.1) is 31.0 Å². The summed E-state index contributed by atoms with van der Waals surface area (Å²) in [6.45, 7) is 0. The van der Waals surface area contributed by atoms with E-state index in [0.29, 0.717) is 33.9 Å². The number of methoxy groups -OCH3 is 2. The summed E-state index contributed by atoms with van der Waals surface area (Å²) in [6, 6.07) is 18.5. The van der Waals surface area contributed by atoms with Crippen LogP contribution in [0.1, 0.15) is 11.1 Å². The van der Waals surface area contributed by atoms with Gasteiger partial charge in [-0.3, -0.25) is 9.59 Å². The third kappa shape index (κ3) is 3.52. The fourth-order valence-electron chi connectivity index (χ4n) is 3.86. The molecular weight excluding hydrogens is 433 g/mol. The molecule has 2 amide bonds. The van der Waals surface area contributed by atoms with Crippen molar-refractivity contribution in [3.8, 4) is 16.9 Å². The minimum atomic E-state index is -0.562. The van der Waals surface area contributed by atoms with E-state index < -0.39 is 17.6 Å². The van der Waals surface area contributed by atoms with Crippen LogP contribution in [0.4, 0.5) is 10.1 Å². The van der Waals surface area contributed by atoms with Gasteiger partial charge in [-0.15, -0.1) is 11.6 Å². The third-order valence-corrected chi connectivity index (χ3v) is 5.47. The fourth-order valence-corrected chi connectivity index (χ4v) is 3.98. The summed E-state index contributed by atoms with van der Waals surface area (Å²) >= 11 is 5.77. The zero-order valence-electron chi connectivity index (χ0n) is 17.4. The lowest BCUT2D eigenvalue weighted by Gasteiger charge is -2.14. The second-order valence-electron chi connectivity index (χ2n) is 6.99. The van der Waals surface area contributed by atoms with Gasteiger partial charge in [-0.25, -0.2) is 9.29 Å². The first kappa shape index (κ1) is 21.6. The number of nitrogens with zero attached hydrogens (tertiary/aromatic N) is 1. The van der Waals surface area contributed by atoms with Crippen LogP contribution in [0.5, 0.6) is 5.75 Å². The van der Waals surface area contributed by atoms with Gasteiger partial charge in [-0.2, -0.15) is 0 Å². The number of alkyl halides is 1. The molecule has 5 nitrogen and oxygen atoms in total. The van der Waals surface area contributed by atoms with Gasteiger partial charge in [0.15, 0.2) is 0 Å². The van der Waals surface area contributed by atoms with Crippen LogP contribution in [-0.2, 0) is 14.3 Å². The van der Waals surface area contributed by atoms with Crippen LogP contribution in [0.25, 0.3) is 22.5 Å². The number of carbonyl (C=O) groups is 2. The minimum Gasteiger partial charge on any atom is -0.496 e. The Morgan fingerprint density at radius 3 is 2.44 bits per heavy atom. The number of ether oxygens (including phenoxy) is 2. The lowest BCUT2D eigenvalue weighted by molar-refractivity contribution is -0.122.